The fourth-order valence-corrected chi connectivity index (χ4v) is 5.13. The first-order valence-electron chi connectivity index (χ1n) is 12.2. The van der Waals surface area contributed by atoms with E-state index in [1.807, 2.05) is 42.5 Å². The second-order valence-electron chi connectivity index (χ2n) is 9.13. The number of carbonyl (C=O) groups excluding carboxylic acids is 1. The highest BCUT2D eigenvalue weighted by Gasteiger charge is 2.34. The third-order valence-electron chi connectivity index (χ3n) is 6.92. The molecule has 37 heavy (non-hydrogen) atoms. The lowest BCUT2D eigenvalue weighted by Gasteiger charge is -2.34. The molecule has 1 aliphatic heterocycles. The molecule has 8 heteroatoms. The third-order valence-corrected chi connectivity index (χ3v) is 6.92. The van der Waals surface area contributed by atoms with Crippen LogP contribution >= 0.6 is 0 Å². The highest BCUT2D eigenvalue weighted by atomic mass is 16.5. The van der Waals surface area contributed by atoms with Gasteiger partial charge in [0.15, 0.2) is 11.5 Å². The Morgan fingerprint density at radius 1 is 1.03 bits per heavy atom. The van der Waals surface area contributed by atoms with Crippen molar-refractivity contribution in [1.82, 2.24) is 15.6 Å². The topological polar surface area (TPSA) is 105 Å². The molecule has 3 atom stereocenters. The lowest BCUT2D eigenvalue weighted by atomic mass is 9.92. The Bertz CT molecular complexity index is 1380. The van der Waals surface area contributed by atoms with Gasteiger partial charge in [0.2, 0.25) is 5.75 Å². The normalized spacial score (nSPS) is 17.7. The standard InChI is InChI=1S/C29H31N3O5/c1-35-23-14-18(15-24(36-2)28(23)33)26-27-20(19-11-7-8-12-21(19)31-27)16-25(32-26)30-22(29(34)37-3)13-17-9-5-4-6-10-17/h4-12,14-15,22,25-26,30-33H,13,16H2,1-3H3/t22-,25+,26-/m1/s1. The van der Waals surface area contributed by atoms with E-state index >= 15 is 0 Å². The zero-order valence-electron chi connectivity index (χ0n) is 21.1. The van der Waals surface area contributed by atoms with Gasteiger partial charge in [-0.3, -0.25) is 15.4 Å². The van der Waals surface area contributed by atoms with Crippen LogP contribution < -0.4 is 20.1 Å². The predicted molar refractivity (Wildman–Crippen MR) is 141 cm³/mol. The molecule has 5 rings (SSSR count). The van der Waals surface area contributed by atoms with Gasteiger partial charge >= 0.3 is 5.97 Å². The maximum absolute atomic E-state index is 12.8. The van der Waals surface area contributed by atoms with Gasteiger partial charge in [0, 0.05) is 23.0 Å². The Kier molecular flexibility index (Phi) is 7.03. The Balaban J connectivity index is 1.54. The molecule has 0 fully saturated rings. The van der Waals surface area contributed by atoms with Crippen molar-refractivity contribution in [3.05, 3.63) is 89.1 Å². The monoisotopic (exact) mass is 501 g/mol. The number of esters is 1. The van der Waals surface area contributed by atoms with Gasteiger partial charge in [0.05, 0.1) is 33.5 Å². The number of hydrogen-bond donors (Lipinski definition) is 4. The fourth-order valence-electron chi connectivity index (χ4n) is 5.13. The van der Waals surface area contributed by atoms with Crippen LogP contribution in [0.1, 0.15) is 28.4 Å². The minimum atomic E-state index is -0.541. The number of ether oxygens (including phenoxy) is 3. The van der Waals surface area contributed by atoms with Crippen LogP contribution in [0.3, 0.4) is 0 Å². The second-order valence-corrected chi connectivity index (χ2v) is 9.13. The molecular weight excluding hydrogens is 470 g/mol. The SMILES string of the molecule is COC(=O)[C@@H](Cc1ccccc1)N[C@@H]1Cc2c([nH]c3ccccc23)[C@@H](c2cc(OC)c(O)c(OC)c2)N1. The van der Waals surface area contributed by atoms with E-state index < -0.39 is 6.04 Å². The highest BCUT2D eigenvalue weighted by Crippen LogP contribution is 2.42. The number of phenolic OH excluding ortho intramolecular Hbond substituents is 1. The molecule has 4 aromatic rings. The van der Waals surface area contributed by atoms with Crippen LogP contribution in [0.5, 0.6) is 17.2 Å². The molecule has 0 saturated heterocycles. The van der Waals surface area contributed by atoms with E-state index in [-0.39, 0.29) is 23.9 Å². The van der Waals surface area contributed by atoms with Crippen molar-refractivity contribution in [2.45, 2.75) is 31.1 Å². The quantitative estimate of drug-likeness (QED) is 0.272. The van der Waals surface area contributed by atoms with E-state index in [2.05, 4.69) is 27.8 Å². The van der Waals surface area contributed by atoms with E-state index in [0.717, 1.165) is 33.3 Å². The number of phenols is 1. The Morgan fingerprint density at radius 3 is 2.38 bits per heavy atom. The van der Waals surface area contributed by atoms with Crippen molar-refractivity contribution in [3.63, 3.8) is 0 Å². The van der Waals surface area contributed by atoms with Gasteiger partial charge in [-0.15, -0.1) is 0 Å². The van der Waals surface area contributed by atoms with Crippen LogP contribution in [0.4, 0.5) is 0 Å². The first kappa shape index (κ1) is 24.7. The van der Waals surface area contributed by atoms with Crippen molar-refractivity contribution < 1.29 is 24.1 Å². The number of rotatable bonds is 8. The van der Waals surface area contributed by atoms with Crippen molar-refractivity contribution >= 4 is 16.9 Å². The summed E-state index contributed by atoms with van der Waals surface area (Å²) in [5, 5.41) is 18.8. The number of benzene rings is 3. The average molecular weight is 502 g/mol. The van der Waals surface area contributed by atoms with Crippen LogP contribution in [0.25, 0.3) is 10.9 Å². The maximum atomic E-state index is 12.8. The number of aromatic amines is 1. The predicted octanol–water partition coefficient (Wildman–Crippen LogP) is 3.83. The zero-order valence-corrected chi connectivity index (χ0v) is 21.1. The molecule has 0 bridgehead atoms. The molecule has 8 nitrogen and oxygen atoms in total. The van der Waals surface area contributed by atoms with Gasteiger partial charge in [0.25, 0.3) is 0 Å². The van der Waals surface area contributed by atoms with Crippen LogP contribution in [0, 0.1) is 0 Å². The van der Waals surface area contributed by atoms with Gasteiger partial charge in [-0.05, 0) is 41.3 Å². The number of aromatic nitrogens is 1. The van der Waals surface area contributed by atoms with Crippen molar-refractivity contribution in [2.75, 3.05) is 21.3 Å². The summed E-state index contributed by atoms with van der Waals surface area (Å²) >= 11 is 0. The van der Waals surface area contributed by atoms with Gasteiger partial charge < -0.3 is 24.3 Å². The largest absolute Gasteiger partial charge is 0.502 e. The molecule has 3 aromatic carbocycles. The molecule has 0 unspecified atom stereocenters. The summed E-state index contributed by atoms with van der Waals surface area (Å²) < 4.78 is 16.0. The van der Waals surface area contributed by atoms with E-state index in [9.17, 15) is 9.90 Å². The summed E-state index contributed by atoms with van der Waals surface area (Å²) in [6.07, 6.45) is 0.915. The van der Waals surface area contributed by atoms with Gasteiger partial charge in [-0.1, -0.05) is 48.5 Å². The lowest BCUT2D eigenvalue weighted by Crippen LogP contribution is -2.55. The number of methoxy groups -OCH3 is 3. The summed E-state index contributed by atoms with van der Waals surface area (Å²) in [6, 6.07) is 20.8. The zero-order chi connectivity index (χ0) is 25.9. The Morgan fingerprint density at radius 2 is 1.70 bits per heavy atom. The van der Waals surface area contributed by atoms with E-state index in [0.29, 0.717) is 24.3 Å². The van der Waals surface area contributed by atoms with Gasteiger partial charge in [0.1, 0.15) is 6.04 Å². The van der Waals surface area contributed by atoms with Gasteiger partial charge in [-0.25, -0.2) is 0 Å². The molecule has 0 aliphatic carbocycles. The minimum absolute atomic E-state index is 0.0512. The van der Waals surface area contributed by atoms with Crippen LogP contribution in [0.2, 0.25) is 0 Å². The lowest BCUT2D eigenvalue weighted by molar-refractivity contribution is -0.143. The van der Waals surface area contributed by atoms with Crippen LogP contribution in [-0.2, 0) is 22.4 Å². The van der Waals surface area contributed by atoms with Crippen molar-refractivity contribution in [2.24, 2.45) is 0 Å². The first-order chi connectivity index (χ1) is 18.0. The average Bonchev–Trinajstić information content (AvgIpc) is 3.31. The molecule has 0 amide bonds. The Labute approximate surface area is 215 Å². The molecule has 1 aromatic heterocycles. The summed E-state index contributed by atoms with van der Waals surface area (Å²) in [4.78, 5) is 16.4. The second kappa shape index (κ2) is 10.5. The molecule has 4 N–H and O–H groups in total. The van der Waals surface area contributed by atoms with Crippen LogP contribution in [0.15, 0.2) is 66.7 Å². The van der Waals surface area contributed by atoms with E-state index in [4.69, 9.17) is 14.2 Å². The van der Waals surface area contributed by atoms with Crippen molar-refractivity contribution in [3.8, 4) is 17.2 Å². The minimum Gasteiger partial charge on any atom is -0.502 e. The molecule has 0 saturated carbocycles. The molecule has 2 heterocycles. The number of fused-ring (bicyclic) bond motifs is 3. The number of aromatic hydroxyl groups is 1. The van der Waals surface area contributed by atoms with Crippen LogP contribution in [-0.4, -0.2) is 49.6 Å². The van der Waals surface area contributed by atoms with Gasteiger partial charge in [-0.2, -0.15) is 0 Å². The van der Waals surface area contributed by atoms with E-state index in [1.54, 1.807) is 12.1 Å². The smallest absolute Gasteiger partial charge is 0.323 e. The summed E-state index contributed by atoms with van der Waals surface area (Å²) in [7, 11) is 4.43. The molecule has 0 radical (unpaired) electrons. The summed E-state index contributed by atoms with van der Waals surface area (Å²) in [6.45, 7) is 0. The number of para-hydroxylation sites is 1. The summed E-state index contributed by atoms with van der Waals surface area (Å²) in [5.41, 5.74) is 5.10. The first-order valence-corrected chi connectivity index (χ1v) is 12.2. The molecule has 0 spiro atoms. The number of H-pyrrole nitrogens is 1. The number of hydrogen-bond acceptors (Lipinski definition) is 7. The van der Waals surface area contributed by atoms with Crippen molar-refractivity contribution in [1.29, 1.82) is 0 Å². The van der Waals surface area contributed by atoms with E-state index in [1.165, 1.54) is 21.3 Å². The molecule has 192 valence electrons. The Hall–Kier alpha value is -4.01. The molecule has 1 aliphatic rings. The fraction of sp³-hybridized carbons (Fsp3) is 0.276. The number of carbonyl (C=O) groups is 1. The third kappa shape index (κ3) is 4.85. The maximum Gasteiger partial charge on any atom is 0.323 e. The molecular formula is C29H31N3O5. The highest BCUT2D eigenvalue weighted by molar-refractivity contribution is 5.85. The number of nitrogens with one attached hydrogen (secondary N) is 3. The summed E-state index contributed by atoms with van der Waals surface area (Å²) in [5.74, 6) is 0.269.